The molecule has 1 aromatic rings. The number of rotatable bonds is 3. The number of methoxy groups -OCH3 is 3. The standard InChI is InChI=1S/C20H24O5/c1-19(2)15-10-12(23-3)6-7-13(15)14-8-9-20(11-16(14)19,17(21)24-4)18(22)25-5/h6-8,10,16H,9,11H2,1-5H3. The topological polar surface area (TPSA) is 61.8 Å². The van der Waals surface area contributed by atoms with Crippen LogP contribution in [0.2, 0.25) is 0 Å². The predicted octanol–water partition coefficient (Wildman–Crippen LogP) is 3.11. The van der Waals surface area contributed by atoms with Crippen LogP contribution in [-0.4, -0.2) is 33.3 Å². The Morgan fingerprint density at radius 2 is 1.72 bits per heavy atom. The van der Waals surface area contributed by atoms with Gasteiger partial charge in [0.05, 0.1) is 21.3 Å². The van der Waals surface area contributed by atoms with E-state index in [0.717, 1.165) is 5.75 Å². The lowest BCUT2D eigenvalue weighted by molar-refractivity contribution is -0.170. The molecule has 0 N–H and O–H groups in total. The minimum atomic E-state index is -1.28. The maximum Gasteiger partial charge on any atom is 0.323 e. The van der Waals surface area contributed by atoms with Gasteiger partial charge in [0.1, 0.15) is 5.75 Å². The Hall–Kier alpha value is -2.30. The van der Waals surface area contributed by atoms with Crippen LogP contribution in [-0.2, 0) is 24.5 Å². The normalized spacial score (nSPS) is 22.3. The summed E-state index contributed by atoms with van der Waals surface area (Å²) in [5.41, 5.74) is 2.02. The molecule has 0 radical (unpaired) electrons. The molecule has 0 bridgehead atoms. The molecule has 5 heteroatoms. The lowest BCUT2D eigenvalue weighted by atomic mass is 9.64. The second kappa shape index (κ2) is 5.90. The maximum atomic E-state index is 12.5. The number of carbonyl (C=O) groups is 2. The fourth-order valence-electron chi connectivity index (χ4n) is 4.34. The summed E-state index contributed by atoms with van der Waals surface area (Å²) >= 11 is 0. The van der Waals surface area contributed by atoms with Gasteiger partial charge in [-0.3, -0.25) is 9.59 Å². The van der Waals surface area contributed by atoms with Gasteiger partial charge in [-0.2, -0.15) is 0 Å². The quantitative estimate of drug-likeness (QED) is 0.623. The van der Waals surface area contributed by atoms with Gasteiger partial charge in [-0.05, 0) is 53.0 Å². The van der Waals surface area contributed by atoms with Gasteiger partial charge in [0.25, 0.3) is 0 Å². The van der Waals surface area contributed by atoms with Crippen molar-refractivity contribution in [1.29, 1.82) is 0 Å². The van der Waals surface area contributed by atoms with E-state index in [1.54, 1.807) is 7.11 Å². The molecule has 0 aliphatic heterocycles. The van der Waals surface area contributed by atoms with Crippen molar-refractivity contribution in [2.45, 2.75) is 32.1 Å². The number of hydrogen-bond acceptors (Lipinski definition) is 5. The Bertz CT molecular complexity index is 743. The van der Waals surface area contributed by atoms with Crippen LogP contribution in [0.25, 0.3) is 5.57 Å². The first-order valence-corrected chi connectivity index (χ1v) is 8.37. The van der Waals surface area contributed by atoms with Crippen molar-refractivity contribution in [2.24, 2.45) is 11.3 Å². The number of hydrogen-bond donors (Lipinski definition) is 0. The molecule has 25 heavy (non-hydrogen) atoms. The molecule has 0 heterocycles. The zero-order valence-electron chi connectivity index (χ0n) is 15.3. The van der Waals surface area contributed by atoms with Gasteiger partial charge in [-0.25, -0.2) is 0 Å². The van der Waals surface area contributed by atoms with Crippen LogP contribution in [0.5, 0.6) is 5.75 Å². The number of benzene rings is 1. The van der Waals surface area contributed by atoms with Crippen LogP contribution in [0, 0.1) is 11.3 Å². The molecule has 0 fully saturated rings. The van der Waals surface area contributed by atoms with E-state index in [2.05, 4.69) is 19.9 Å². The lowest BCUT2D eigenvalue weighted by Gasteiger charge is -2.39. The summed E-state index contributed by atoms with van der Waals surface area (Å²) in [4.78, 5) is 25.0. The largest absolute Gasteiger partial charge is 0.497 e. The van der Waals surface area contributed by atoms with Crippen LogP contribution in [0.1, 0.15) is 37.8 Å². The summed E-state index contributed by atoms with van der Waals surface area (Å²) in [6.07, 6.45) is 2.67. The summed E-state index contributed by atoms with van der Waals surface area (Å²) in [5.74, 6) is -0.224. The molecule has 2 aliphatic rings. The number of fused-ring (bicyclic) bond motifs is 3. The molecule has 5 nitrogen and oxygen atoms in total. The first-order chi connectivity index (χ1) is 11.8. The van der Waals surface area contributed by atoms with E-state index in [4.69, 9.17) is 14.2 Å². The van der Waals surface area contributed by atoms with Gasteiger partial charge >= 0.3 is 11.9 Å². The van der Waals surface area contributed by atoms with Gasteiger partial charge in [0.15, 0.2) is 5.41 Å². The van der Waals surface area contributed by atoms with Crippen LogP contribution >= 0.6 is 0 Å². The minimum Gasteiger partial charge on any atom is -0.497 e. The number of esters is 2. The van der Waals surface area contributed by atoms with Crippen LogP contribution in [0.4, 0.5) is 0 Å². The summed E-state index contributed by atoms with van der Waals surface area (Å²) in [7, 11) is 4.27. The molecule has 2 aliphatic carbocycles. The second-order valence-electron chi connectivity index (χ2n) is 7.32. The fraction of sp³-hybridized carbons (Fsp3) is 0.500. The Kier molecular flexibility index (Phi) is 4.13. The fourth-order valence-corrected chi connectivity index (χ4v) is 4.34. The van der Waals surface area contributed by atoms with Gasteiger partial charge in [-0.1, -0.05) is 26.0 Å². The van der Waals surface area contributed by atoms with Gasteiger partial charge in [0.2, 0.25) is 0 Å². The minimum absolute atomic E-state index is 0.0292. The van der Waals surface area contributed by atoms with Gasteiger partial charge < -0.3 is 14.2 Å². The number of carbonyl (C=O) groups excluding carboxylic acids is 2. The smallest absolute Gasteiger partial charge is 0.323 e. The second-order valence-corrected chi connectivity index (χ2v) is 7.32. The zero-order chi connectivity index (χ0) is 18.4. The molecule has 0 spiro atoms. The predicted molar refractivity (Wildman–Crippen MR) is 93.2 cm³/mol. The zero-order valence-corrected chi connectivity index (χ0v) is 15.3. The van der Waals surface area contributed by atoms with Gasteiger partial charge in [0, 0.05) is 0 Å². The van der Waals surface area contributed by atoms with Crippen LogP contribution < -0.4 is 4.74 Å². The van der Waals surface area contributed by atoms with Crippen LogP contribution in [0.15, 0.2) is 24.3 Å². The summed E-state index contributed by atoms with van der Waals surface area (Å²) in [5, 5.41) is 0. The van der Waals surface area contributed by atoms with Crippen molar-refractivity contribution in [3.63, 3.8) is 0 Å². The highest BCUT2D eigenvalue weighted by molar-refractivity contribution is 6.01. The average Bonchev–Trinajstić information content (AvgIpc) is 2.86. The molecular weight excluding hydrogens is 320 g/mol. The first-order valence-electron chi connectivity index (χ1n) is 8.37. The van der Waals surface area contributed by atoms with Crippen molar-refractivity contribution in [1.82, 2.24) is 0 Å². The highest BCUT2D eigenvalue weighted by Crippen LogP contribution is 2.58. The molecular formula is C20H24O5. The summed E-state index contributed by atoms with van der Waals surface area (Å²) < 4.78 is 15.3. The number of ether oxygens (including phenoxy) is 3. The van der Waals surface area contributed by atoms with E-state index >= 15 is 0 Å². The molecule has 0 amide bonds. The molecule has 3 rings (SSSR count). The number of allylic oxidation sites excluding steroid dienone is 2. The van der Waals surface area contributed by atoms with E-state index in [0.29, 0.717) is 12.8 Å². The monoisotopic (exact) mass is 344 g/mol. The molecule has 0 saturated heterocycles. The molecule has 0 saturated carbocycles. The highest BCUT2D eigenvalue weighted by Gasteiger charge is 2.56. The average molecular weight is 344 g/mol. The Morgan fingerprint density at radius 3 is 2.28 bits per heavy atom. The molecule has 1 unspecified atom stereocenters. The highest BCUT2D eigenvalue weighted by atomic mass is 16.5. The van der Waals surface area contributed by atoms with E-state index in [-0.39, 0.29) is 11.3 Å². The van der Waals surface area contributed by atoms with E-state index in [1.807, 2.05) is 18.2 Å². The van der Waals surface area contributed by atoms with E-state index in [9.17, 15) is 9.59 Å². The molecule has 1 aromatic carbocycles. The van der Waals surface area contributed by atoms with Crippen molar-refractivity contribution in [2.75, 3.05) is 21.3 Å². The van der Waals surface area contributed by atoms with Crippen LogP contribution in [0.3, 0.4) is 0 Å². The van der Waals surface area contributed by atoms with E-state index < -0.39 is 17.4 Å². The third kappa shape index (κ3) is 2.36. The van der Waals surface area contributed by atoms with Crippen molar-refractivity contribution in [3.8, 4) is 5.75 Å². The molecule has 134 valence electrons. The Morgan fingerprint density at radius 1 is 1.08 bits per heavy atom. The van der Waals surface area contributed by atoms with Crippen molar-refractivity contribution < 1.29 is 23.8 Å². The lowest BCUT2D eigenvalue weighted by Crippen LogP contribution is -2.46. The van der Waals surface area contributed by atoms with Crippen molar-refractivity contribution in [3.05, 3.63) is 35.4 Å². The SMILES string of the molecule is COC(=O)C1(C(=O)OC)CC=C2c3ccc(OC)cc3C(C)(C)C2C1. The Labute approximate surface area is 148 Å². The van der Waals surface area contributed by atoms with Crippen molar-refractivity contribution >= 4 is 17.5 Å². The molecule has 0 aromatic heterocycles. The maximum absolute atomic E-state index is 12.5. The van der Waals surface area contributed by atoms with E-state index in [1.165, 1.54) is 30.9 Å². The third-order valence-electron chi connectivity index (χ3n) is 5.85. The van der Waals surface area contributed by atoms with Gasteiger partial charge in [-0.15, -0.1) is 0 Å². The molecule has 1 atom stereocenters. The Balaban J connectivity index is 2.11. The summed E-state index contributed by atoms with van der Waals surface area (Å²) in [6, 6.07) is 6.05. The third-order valence-corrected chi connectivity index (χ3v) is 5.85. The summed E-state index contributed by atoms with van der Waals surface area (Å²) in [6.45, 7) is 4.28. The first kappa shape index (κ1) is 17.5.